The van der Waals surface area contributed by atoms with Crippen LogP contribution in [0, 0.1) is 13.8 Å². The quantitative estimate of drug-likeness (QED) is 0.794. The first kappa shape index (κ1) is 12.6. The molecule has 0 saturated heterocycles. The van der Waals surface area contributed by atoms with Gasteiger partial charge in [-0.3, -0.25) is 4.79 Å². The van der Waals surface area contributed by atoms with Crippen molar-refractivity contribution in [1.29, 1.82) is 0 Å². The maximum Gasteiger partial charge on any atom is 0.141 e. The first-order chi connectivity index (χ1) is 8.65. The summed E-state index contributed by atoms with van der Waals surface area (Å²) in [4.78, 5) is 12.0. The predicted molar refractivity (Wildman–Crippen MR) is 74.8 cm³/mol. The molecule has 0 saturated carbocycles. The Bertz CT molecular complexity index is 541. The van der Waals surface area contributed by atoms with Crippen LogP contribution >= 0.6 is 0 Å². The highest BCUT2D eigenvalue weighted by atomic mass is 16.1. The normalized spacial score (nSPS) is 10.3. The number of hydrogen-bond acceptors (Lipinski definition) is 1. The average molecular weight is 238 g/mol. The fraction of sp³-hybridized carbons (Fsp3) is 0.235. The van der Waals surface area contributed by atoms with E-state index in [1.54, 1.807) is 0 Å². The van der Waals surface area contributed by atoms with Crippen LogP contribution in [0.1, 0.15) is 22.3 Å². The van der Waals surface area contributed by atoms with Crippen molar-refractivity contribution in [2.75, 3.05) is 0 Å². The largest absolute Gasteiger partial charge is 0.299 e. The second kappa shape index (κ2) is 5.63. The van der Waals surface area contributed by atoms with Crippen LogP contribution < -0.4 is 0 Å². The molecule has 0 bridgehead atoms. The summed E-state index contributed by atoms with van der Waals surface area (Å²) in [7, 11) is 0. The molecule has 0 spiro atoms. The molecule has 0 heterocycles. The van der Waals surface area contributed by atoms with Crippen molar-refractivity contribution >= 4 is 5.78 Å². The van der Waals surface area contributed by atoms with Gasteiger partial charge in [0.1, 0.15) is 5.78 Å². The third kappa shape index (κ3) is 3.30. The Hall–Kier alpha value is -1.89. The van der Waals surface area contributed by atoms with Crippen LogP contribution in [0.15, 0.2) is 48.5 Å². The highest BCUT2D eigenvalue weighted by Crippen LogP contribution is 2.11. The molecule has 0 aliphatic rings. The SMILES string of the molecule is Cc1ccc(CC(=O)Cc2ccccc2)cc1C. The summed E-state index contributed by atoms with van der Waals surface area (Å²) in [6.45, 7) is 4.17. The van der Waals surface area contributed by atoms with Crippen LogP contribution in [0.4, 0.5) is 0 Å². The van der Waals surface area contributed by atoms with Crippen molar-refractivity contribution in [2.24, 2.45) is 0 Å². The van der Waals surface area contributed by atoms with E-state index >= 15 is 0 Å². The van der Waals surface area contributed by atoms with Gasteiger partial charge in [0.25, 0.3) is 0 Å². The molecule has 0 N–H and O–H groups in total. The molecule has 92 valence electrons. The standard InChI is InChI=1S/C17H18O/c1-13-8-9-16(10-14(13)2)12-17(18)11-15-6-4-3-5-7-15/h3-10H,11-12H2,1-2H3. The minimum absolute atomic E-state index is 0.268. The van der Waals surface area contributed by atoms with E-state index in [0.717, 1.165) is 11.1 Å². The highest BCUT2D eigenvalue weighted by Gasteiger charge is 2.05. The van der Waals surface area contributed by atoms with Gasteiger partial charge in [0.2, 0.25) is 0 Å². The molecule has 2 aromatic rings. The van der Waals surface area contributed by atoms with E-state index in [4.69, 9.17) is 0 Å². The third-order valence-electron chi connectivity index (χ3n) is 3.22. The number of Topliss-reactive ketones (excluding diaryl/α,β-unsaturated/α-hetero) is 1. The molecule has 0 amide bonds. The predicted octanol–water partition coefficient (Wildman–Crippen LogP) is 3.66. The van der Waals surface area contributed by atoms with Crippen molar-refractivity contribution in [2.45, 2.75) is 26.7 Å². The third-order valence-corrected chi connectivity index (χ3v) is 3.22. The monoisotopic (exact) mass is 238 g/mol. The minimum atomic E-state index is 0.268. The maximum atomic E-state index is 12.0. The molecular weight excluding hydrogens is 220 g/mol. The average Bonchev–Trinajstić information content (AvgIpc) is 2.35. The van der Waals surface area contributed by atoms with Crippen LogP contribution in [0.5, 0.6) is 0 Å². The molecular formula is C17H18O. The van der Waals surface area contributed by atoms with Crippen LogP contribution in [-0.4, -0.2) is 5.78 Å². The molecule has 1 heteroatoms. The Morgan fingerprint density at radius 3 is 2.17 bits per heavy atom. The summed E-state index contributed by atoms with van der Waals surface area (Å²) >= 11 is 0. The molecule has 0 aromatic heterocycles. The summed E-state index contributed by atoms with van der Waals surface area (Å²) in [5.74, 6) is 0.268. The summed E-state index contributed by atoms with van der Waals surface area (Å²) in [5, 5.41) is 0. The van der Waals surface area contributed by atoms with Gasteiger partial charge in [-0.2, -0.15) is 0 Å². The summed E-state index contributed by atoms with van der Waals surface area (Å²) < 4.78 is 0. The fourth-order valence-corrected chi connectivity index (χ4v) is 2.03. The second-order valence-electron chi connectivity index (χ2n) is 4.80. The Labute approximate surface area is 108 Å². The summed E-state index contributed by atoms with van der Waals surface area (Å²) in [5.41, 5.74) is 4.72. The first-order valence-electron chi connectivity index (χ1n) is 6.27. The molecule has 0 atom stereocenters. The molecule has 0 aliphatic carbocycles. The Morgan fingerprint density at radius 1 is 0.833 bits per heavy atom. The van der Waals surface area contributed by atoms with Crippen molar-refractivity contribution in [3.63, 3.8) is 0 Å². The van der Waals surface area contributed by atoms with Gasteiger partial charge in [-0.25, -0.2) is 0 Å². The fourth-order valence-electron chi connectivity index (χ4n) is 2.03. The number of aryl methyl sites for hydroxylation is 2. The lowest BCUT2D eigenvalue weighted by Crippen LogP contribution is -2.06. The van der Waals surface area contributed by atoms with Gasteiger partial charge >= 0.3 is 0 Å². The number of hydrogen-bond donors (Lipinski definition) is 0. The minimum Gasteiger partial charge on any atom is -0.299 e. The maximum absolute atomic E-state index is 12.0. The van der Waals surface area contributed by atoms with E-state index < -0.39 is 0 Å². The van der Waals surface area contributed by atoms with E-state index in [1.807, 2.05) is 36.4 Å². The van der Waals surface area contributed by atoms with E-state index in [0.29, 0.717) is 12.8 Å². The van der Waals surface area contributed by atoms with Crippen molar-refractivity contribution < 1.29 is 4.79 Å². The molecule has 0 aliphatic heterocycles. The van der Waals surface area contributed by atoms with Crippen molar-refractivity contribution in [1.82, 2.24) is 0 Å². The van der Waals surface area contributed by atoms with Crippen LogP contribution in [0.2, 0.25) is 0 Å². The van der Waals surface area contributed by atoms with Gasteiger partial charge in [-0.15, -0.1) is 0 Å². The Morgan fingerprint density at radius 2 is 1.50 bits per heavy atom. The second-order valence-corrected chi connectivity index (χ2v) is 4.80. The van der Waals surface area contributed by atoms with E-state index in [-0.39, 0.29) is 5.78 Å². The molecule has 2 aromatic carbocycles. The zero-order valence-corrected chi connectivity index (χ0v) is 10.9. The molecule has 0 radical (unpaired) electrons. The Balaban J connectivity index is 2.01. The number of carbonyl (C=O) groups is 1. The molecule has 18 heavy (non-hydrogen) atoms. The molecule has 0 unspecified atom stereocenters. The molecule has 1 nitrogen and oxygen atoms in total. The molecule has 0 fully saturated rings. The van der Waals surface area contributed by atoms with E-state index in [1.165, 1.54) is 11.1 Å². The Kier molecular flexibility index (Phi) is 3.93. The summed E-state index contributed by atoms with van der Waals surface area (Å²) in [6, 6.07) is 16.1. The first-order valence-corrected chi connectivity index (χ1v) is 6.27. The van der Waals surface area contributed by atoms with Crippen molar-refractivity contribution in [3.05, 3.63) is 70.8 Å². The van der Waals surface area contributed by atoms with E-state index in [2.05, 4.69) is 26.0 Å². The van der Waals surface area contributed by atoms with Gasteiger partial charge in [0.05, 0.1) is 0 Å². The number of carbonyl (C=O) groups excluding carboxylic acids is 1. The van der Waals surface area contributed by atoms with Gasteiger partial charge in [0.15, 0.2) is 0 Å². The topological polar surface area (TPSA) is 17.1 Å². The number of ketones is 1. The van der Waals surface area contributed by atoms with E-state index in [9.17, 15) is 4.79 Å². The van der Waals surface area contributed by atoms with Gasteiger partial charge in [-0.1, -0.05) is 48.5 Å². The molecule has 2 rings (SSSR count). The van der Waals surface area contributed by atoms with Gasteiger partial charge < -0.3 is 0 Å². The lowest BCUT2D eigenvalue weighted by molar-refractivity contribution is -0.117. The van der Waals surface area contributed by atoms with Crippen LogP contribution in [-0.2, 0) is 17.6 Å². The van der Waals surface area contributed by atoms with Crippen LogP contribution in [0.3, 0.4) is 0 Å². The zero-order chi connectivity index (χ0) is 13.0. The highest BCUT2D eigenvalue weighted by molar-refractivity contribution is 5.83. The van der Waals surface area contributed by atoms with Crippen LogP contribution in [0.25, 0.3) is 0 Å². The number of benzene rings is 2. The smallest absolute Gasteiger partial charge is 0.141 e. The number of rotatable bonds is 4. The summed E-state index contributed by atoms with van der Waals surface area (Å²) in [6.07, 6.45) is 1.05. The van der Waals surface area contributed by atoms with Crippen molar-refractivity contribution in [3.8, 4) is 0 Å². The lowest BCUT2D eigenvalue weighted by Gasteiger charge is -2.05. The van der Waals surface area contributed by atoms with Gasteiger partial charge in [-0.05, 0) is 36.1 Å². The zero-order valence-electron chi connectivity index (χ0n) is 10.9. The lowest BCUT2D eigenvalue weighted by atomic mass is 10.00. The van der Waals surface area contributed by atoms with Gasteiger partial charge in [0, 0.05) is 12.8 Å².